The van der Waals surface area contributed by atoms with Gasteiger partial charge in [0.15, 0.2) is 17.5 Å². The Morgan fingerprint density at radius 3 is 1.29 bits per heavy atom. The van der Waals surface area contributed by atoms with Crippen molar-refractivity contribution in [3.05, 3.63) is 255 Å². The fraction of sp³-hybridized carbons (Fsp3) is 0. The maximum atomic E-state index is 5.29. The largest absolute Gasteiger partial charge is 0.309 e. The van der Waals surface area contributed by atoms with Crippen molar-refractivity contribution in [3.63, 3.8) is 0 Å². The van der Waals surface area contributed by atoms with Crippen LogP contribution in [0.4, 0.5) is 0 Å². The summed E-state index contributed by atoms with van der Waals surface area (Å²) >= 11 is 0. The highest BCUT2D eigenvalue weighted by Gasteiger charge is 2.17. The van der Waals surface area contributed by atoms with Crippen molar-refractivity contribution >= 4 is 43.4 Å². The number of hydrogen-bond donors (Lipinski definition) is 0. The molecule has 0 aliphatic heterocycles. The van der Waals surface area contributed by atoms with E-state index >= 15 is 0 Å². The summed E-state index contributed by atoms with van der Waals surface area (Å²) in [5.74, 6) is 1.83. The summed E-state index contributed by atoms with van der Waals surface area (Å²) in [4.78, 5) is 15.8. The highest BCUT2D eigenvalue weighted by Crippen LogP contribution is 2.38. The lowest BCUT2D eigenvalue weighted by Gasteiger charge is -2.13. The van der Waals surface area contributed by atoms with Crippen molar-refractivity contribution in [2.45, 2.75) is 0 Å². The first-order valence-electron chi connectivity index (χ1n) is 23.4. The summed E-state index contributed by atoms with van der Waals surface area (Å²) < 4.78 is 2.36. The number of aromatic nitrogens is 4. The van der Waals surface area contributed by atoms with E-state index in [0.717, 1.165) is 50.2 Å². The van der Waals surface area contributed by atoms with Gasteiger partial charge in [-0.3, -0.25) is 0 Å². The highest BCUT2D eigenvalue weighted by molar-refractivity contribution is 6.14. The molecule has 0 fully saturated rings. The second-order valence-electron chi connectivity index (χ2n) is 17.6. The predicted octanol–water partition coefficient (Wildman–Crippen LogP) is 16.9. The quantitative estimate of drug-likeness (QED) is 0.143. The summed E-state index contributed by atoms with van der Waals surface area (Å²) in [6, 6.07) is 90.7. The van der Waals surface area contributed by atoms with Crippen LogP contribution in [-0.2, 0) is 0 Å². The van der Waals surface area contributed by atoms with E-state index in [4.69, 9.17) is 15.0 Å². The molecule has 13 rings (SSSR count). The molecular formula is C65H42N4. The first kappa shape index (κ1) is 40.1. The summed E-state index contributed by atoms with van der Waals surface area (Å²) in [5.41, 5.74) is 15.3. The molecule has 322 valence electrons. The summed E-state index contributed by atoms with van der Waals surface area (Å²) in [5, 5.41) is 7.37. The molecule has 0 radical (unpaired) electrons. The van der Waals surface area contributed by atoms with Gasteiger partial charge in [0.2, 0.25) is 0 Å². The Hall–Kier alpha value is -9.25. The van der Waals surface area contributed by atoms with Gasteiger partial charge in [-0.25, -0.2) is 15.0 Å². The predicted molar refractivity (Wildman–Crippen MR) is 287 cm³/mol. The van der Waals surface area contributed by atoms with Crippen LogP contribution < -0.4 is 0 Å². The van der Waals surface area contributed by atoms with Crippen molar-refractivity contribution in [2.75, 3.05) is 0 Å². The number of benzene rings is 11. The molecule has 0 aliphatic carbocycles. The molecule has 0 saturated carbocycles. The zero-order valence-corrected chi connectivity index (χ0v) is 37.5. The molecule has 11 aromatic carbocycles. The van der Waals surface area contributed by atoms with Crippen LogP contribution in [0.5, 0.6) is 0 Å². The minimum atomic E-state index is 0.608. The van der Waals surface area contributed by atoms with Crippen LogP contribution in [-0.4, -0.2) is 19.5 Å². The Morgan fingerprint density at radius 1 is 0.232 bits per heavy atom. The van der Waals surface area contributed by atoms with Crippen molar-refractivity contribution in [1.82, 2.24) is 19.5 Å². The Bertz CT molecular complexity index is 4020. The number of rotatable bonds is 8. The zero-order valence-electron chi connectivity index (χ0n) is 37.5. The smallest absolute Gasteiger partial charge is 0.164 e. The minimum absolute atomic E-state index is 0.608. The Labute approximate surface area is 400 Å². The lowest BCUT2D eigenvalue weighted by atomic mass is 9.92. The van der Waals surface area contributed by atoms with Gasteiger partial charge in [-0.15, -0.1) is 0 Å². The van der Waals surface area contributed by atoms with E-state index in [9.17, 15) is 0 Å². The maximum absolute atomic E-state index is 5.29. The van der Waals surface area contributed by atoms with E-state index in [1.807, 2.05) is 0 Å². The highest BCUT2D eigenvalue weighted by atomic mass is 15.0. The third-order valence-corrected chi connectivity index (χ3v) is 13.4. The lowest BCUT2D eigenvalue weighted by Crippen LogP contribution is -2.00. The van der Waals surface area contributed by atoms with E-state index in [1.165, 1.54) is 60.0 Å². The van der Waals surface area contributed by atoms with Gasteiger partial charge in [0, 0.05) is 33.2 Å². The molecular weight excluding hydrogens is 837 g/mol. The summed E-state index contributed by atoms with van der Waals surface area (Å²) in [6.07, 6.45) is 0. The SMILES string of the molecule is c1ccc(-c2cccc(-c3ccc(-c4nc(-c5cccc(-c6cccc(-n7c8ccccc8c8ccccc87)c6)c5)nc(-c5cccc(-c6cc7ccccc7c7ccccc67)c5)n4)cc3)c2)cc1. The molecule has 0 bridgehead atoms. The summed E-state index contributed by atoms with van der Waals surface area (Å²) in [7, 11) is 0. The Balaban J connectivity index is 0.925. The average Bonchev–Trinajstić information content (AvgIpc) is 3.77. The van der Waals surface area contributed by atoms with Gasteiger partial charge in [-0.1, -0.05) is 206 Å². The van der Waals surface area contributed by atoms with E-state index in [1.54, 1.807) is 0 Å². The topological polar surface area (TPSA) is 43.6 Å². The van der Waals surface area contributed by atoms with Crippen LogP contribution in [0.3, 0.4) is 0 Å². The van der Waals surface area contributed by atoms with Gasteiger partial charge >= 0.3 is 0 Å². The first-order valence-corrected chi connectivity index (χ1v) is 23.4. The van der Waals surface area contributed by atoms with Gasteiger partial charge in [0.05, 0.1) is 11.0 Å². The van der Waals surface area contributed by atoms with E-state index in [0.29, 0.717) is 17.5 Å². The van der Waals surface area contributed by atoms with E-state index in [-0.39, 0.29) is 0 Å². The normalized spacial score (nSPS) is 11.5. The molecule has 0 aliphatic rings. The third kappa shape index (κ3) is 7.32. The van der Waals surface area contributed by atoms with E-state index in [2.05, 4.69) is 259 Å². The van der Waals surface area contributed by atoms with Crippen molar-refractivity contribution in [2.24, 2.45) is 0 Å². The first-order chi connectivity index (χ1) is 34.2. The maximum Gasteiger partial charge on any atom is 0.164 e. The third-order valence-electron chi connectivity index (χ3n) is 13.4. The number of nitrogens with zero attached hydrogens (tertiary/aromatic N) is 4. The number of hydrogen-bond acceptors (Lipinski definition) is 3. The van der Waals surface area contributed by atoms with Gasteiger partial charge < -0.3 is 4.57 Å². The fourth-order valence-electron chi connectivity index (χ4n) is 10.1. The molecule has 13 aromatic rings. The molecule has 4 nitrogen and oxygen atoms in total. The second kappa shape index (κ2) is 16.9. The molecule has 0 unspecified atom stereocenters. The summed E-state index contributed by atoms with van der Waals surface area (Å²) in [6.45, 7) is 0. The Morgan fingerprint density at radius 2 is 0.638 bits per heavy atom. The van der Waals surface area contributed by atoms with Crippen LogP contribution in [0.15, 0.2) is 255 Å². The van der Waals surface area contributed by atoms with Gasteiger partial charge in [-0.05, 0) is 115 Å². The molecule has 0 atom stereocenters. The van der Waals surface area contributed by atoms with Gasteiger partial charge in [-0.2, -0.15) is 0 Å². The second-order valence-corrected chi connectivity index (χ2v) is 17.6. The fourth-order valence-corrected chi connectivity index (χ4v) is 10.1. The van der Waals surface area contributed by atoms with Crippen molar-refractivity contribution in [1.29, 1.82) is 0 Å². The molecule has 0 N–H and O–H groups in total. The van der Waals surface area contributed by atoms with Crippen LogP contribution in [0.2, 0.25) is 0 Å². The molecule has 0 saturated heterocycles. The number of fused-ring (bicyclic) bond motifs is 6. The monoisotopic (exact) mass is 878 g/mol. The average molecular weight is 879 g/mol. The van der Waals surface area contributed by atoms with Gasteiger partial charge in [0.25, 0.3) is 0 Å². The standard InChI is InChI=1S/C65H42N4/c1-2-16-43(17-3-1)46-19-12-20-47(38-46)44-34-36-45(37-35-44)63-66-64(68-65(67-63)53-25-14-23-50(40-53)60-42-51-18-4-5-27-55(51)56-28-6-7-29-57(56)60)52-24-13-21-48(39-52)49-22-15-26-54(41-49)69-61-32-10-8-30-58(61)59-31-9-11-33-62(59)69/h1-42H. The van der Waals surface area contributed by atoms with Crippen LogP contribution in [0, 0.1) is 0 Å². The Kier molecular flexibility index (Phi) is 9.80. The molecule has 0 spiro atoms. The molecule has 4 heteroatoms. The molecule has 69 heavy (non-hydrogen) atoms. The van der Waals surface area contributed by atoms with Crippen LogP contribution in [0.1, 0.15) is 0 Å². The van der Waals surface area contributed by atoms with E-state index < -0.39 is 0 Å². The molecule has 2 heterocycles. The van der Waals surface area contributed by atoms with Crippen LogP contribution in [0.25, 0.3) is 128 Å². The van der Waals surface area contributed by atoms with Crippen molar-refractivity contribution < 1.29 is 0 Å². The van der Waals surface area contributed by atoms with Gasteiger partial charge in [0.1, 0.15) is 0 Å². The number of para-hydroxylation sites is 2. The lowest BCUT2D eigenvalue weighted by molar-refractivity contribution is 1.07. The zero-order chi connectivity index (χ0) is 45.7. The van der Waals surface area contributed by atoms with Crippen LogP contribution >= 0.6 is 0 Å². The molecule has 2 aromatic heterocycles. The molecule has 0 amide bonds. The van der Waals surface area contributed by atoms with Crippen molar-refractivity contribution in [3.8, 4) is 84.4 Å². The minimum Gasteiger partial charge on any atom is -0.309 e.